The fourth-order valence-corrected chi connectivity index (χ4v) is 3.87. The number of amides is 1. The van der Waals surface area contributed by atoms with Gasteiger partial charge in [0.1, 0.15) is 0 Å². The zero-order valence-electron chi connectivity index (χ0n) is 12.6. The van der Waals surface area contributed by atoms with Crippen LogP contribution < -0.4 is 5.32 Å². The molecule has 112 valence electrons. The van der Waals surface area contributed by atoms with Crippen molar-refractivity contribution in [2.24, 2.45) is 5.92 Å². The number of likely N-dealkylation sites (tertiary alicyclic amines) is 1. The summed E-state index contributed by atoms with van der Waals surface area (Å²) in [6.45, 7) is 1.90. The largest absolute Gasteiger partial charge is 0.342 e. The van der Waals surface area contributed by atoms with Crippen molar-refractivity contribution in [3.63, 3.8) is 0 Å². The summed E-state index contributed by atoms with van der Waals surface area (Å²) in [4.78, 5) is 14.2. The second-order valence-corrected chi connectivity index (χ2v) is 6.91. The highest BCUT2D eigenvalue weighted by Crippen LogP contribution is 2.32. The molecule has 1 aromatic carbocycles. The summed E-state index contributed by atoms with van der Waals surface area (Å²) in [6.07, 6.45) is 6.81. The van der Waals surface area contributed by atoms with Gasteiger partial charge in [-0.3, -0.25) is 4.79 Å². The van der Waals surface area contributed by atoms with Gasteiger partial charge in [-0.25, -0.2) is 0 Å². The predicted octanol–water partition coefficient (Wildman–Crippen LogP) is 2.14. The lowest BCUT2D eigenvalue weighted by atomic mass is 10.0. The molecular formula is C18H24N2O. The van der Waals surface area contributed by atoms with Crippen molar-refractivity contribution in [3.8, 4) is 0 Å². The number of fused-ring (bicyclic) bond motifs is 1. The van der Waals surface area contributed by atoms with Gasteiger partial charge < -0.3 is 10.2 Å². The van der Waals surface area contributed by atoms with Crippen LogP contribution in [0, 0.1) is 5.92 Å². The molecule has 0 aromatic heterocycles. The van der Waals surface area contributed by atoms with Gasteiger partial charge in [-0.2, -0.15) is 0 Å². The molecule has 1 heterocycles. The maximum absolute atomic E-state index is 12.1. The van der Waals surface area contributed by atoms with Crippen LogP contribution in [0.4, 0.5) is 0 Å². The molecule has 4 rings (SSSR count). The number of nitrogens with zero attached hydrogens (tertiary/aromatic N) is 1. The van der Waals surface area contributed by atoms with Gasteiger partial charge in [0.2, 0.25) is 5.91 Å². The summed E-state index contributed by atoms with van der Waals surface area (Å²) >= 11 is 0. The molecule has 3 nitrogen and oxygen atoms in total. The third kappa shape index (κ3) is 2.84. The average molecular weight is 284 g/mol. The van der Waals surface area contributed by atoms with Gasteiger partial charge in [-0.05, 0) is 49.7 Å². The van der Waals surface area contributed by atoms with Crippen molar-refractivity contribution in [2.75, 3.05) is 13.1 Å². The fourth-order valence-electron chi connectivity index (χ4n) is 3.87. The molecule has 1 aliphatic heterocycles. The Morgan fingerprint density at radius 3 is 2.14 bits per heavy atom. The van der Waals surface area contributed by atoms with Gasteiger partial charge in [0, 0.05) is 31.1 Å². The zero-order chi connectivity index (χ0) is 14.2. The minimum Gasteiger partial charge on any atom is -0.342 e. The first-order chi connectivity index (χ1) is 10.3. The number of carbonyl (C=O) groups excluding carboxylic acids is 1. The summed E-state index contributed by atoms with van der Waals surface area (Å²) in [6, 6.07) is 9.99. The van der Waals surface area contributed by atoms with Crippen molar-refractivity contribution < 1.29 is 4.79 Å². The SMILES string of the molecule is O=C(C1CC1)N1CCC(NC2Cc3ccccc3C2)CC1. The van der Waals surface area contributed by atoms with E-state index in [1.165, 1.54) is 11.1 Å². The van der Waals surface area contributed by atoms with Crippen LogP contribution in [-0.4, -0.2) is 36.0 Å². The lowest BCUT2D eigenvalue weighted by Gasteiger charge is -2.34. The van der Waals surface area contributed by atoms with E-state index in [1.54, 1.807) is 0 Å². The number of hydrogen-bond acceptors (Lipinski definition) is 2. The molecule has 1 saturated carbocycles. The minimum atomic E-state index is 0.374. The number of rotatable bonds is 3. The fraction of sp³-hybridized carbons (Fsp3) is 0.611. The molecular weight excluding hydrogens is 260 g/mol. The summed E-state index contributed by atoms with van der Waals surface area (Å²) in [5.41, 5.74) is 3.02. The van der Waals surface area contributed by atoms with E-state index in [0.717, 1.165) is 51.6 Å². The Balaban J connectivity index is 1.27. The van der Waals surface area contributed by atoms with E-state index < -0.39 is 0 Å². The van der Waals surface area contributed by atoms with Crippen LogP contribution in [0.15, 0.2) is 24.3 Å². The average Bonchev–Trinajstić information content (AvgIpc) is 3.27. The van der Waals surface area contributed by atoms with Gasteiger partial charge in [0.15, 0.2) is 0 Å². The van der Waals surface area contributed by atoms with E-state index in [9.17, 15) is 4.79 Å². The first-order valence-electron chi connectivity index (χ1n) is 8.41. The van der Waals surface area contributed by atoms with E-state index in [1.807, 2.05) is 0 Å². The number of benzene rings is 1. The molecule has 0 radical (unpaired) electrons. The van der Waals surface area contributed by atoms with Crippen LogP contribution in [0.3, 0.4) is 0 Å². The van der Waals surface area contributed by atoms with Crippen LogP contribution in [0.1, 0.15) is 36.8 Å². The molecule has 1 amide bonds. The van der Waals surface area contributed by atoms with Gasteiger partial charge in [-0.1, -0.05) is 24.3 Å². The van der Waals surface area contributed by atoms with Crippen LogP contribution >= 0.6 is 0 Å². The number of carbonyl (C=O) groups is 1. The molecule has 0 atom stereocenters. The number of nitrogens with one attached hydrogen (secondary N) is 1. The van der Waals surface area contributed by atoms with Crippen molar-refractivity contribution in [3.05, 3.63) is 35.4 Å². The van der Waals surface area contributed by atoms with E-state index in [0.29, 0.717) is 23.9 Å². The van der Waals surface area contributed by atoms with Crippen LogP contribution in [-0.2, 0) is 17.6 Å². The van der Waals surface area contributed by atoms with E-state index in [2.05, 4.69) is 34.5 Å². The van der Waals surface area contributed by atoms with Crippen molar-refractivity contribution in [1.29, 1.82) is 0 Å². The topological polar surface area (TPSA) is 32.3 Å². The molecule has 21 heavy (non-hydrogen) atoms. The maximum Gasteiger partial charge on any atom is 0.225 e. The highest BCUT2D eigenvalue weighted by molar-refractivity contribution is 5.81. The monoisotopic (exact) mass is 284 g/mol. The lowest BCUT2D eigenvalue weighted by Crippen LogP contribution is -2.48. The highest BCUT2D eigenvalue weighted by atomic mass is 16.2. The quantitative estimate of drug-likeness (QED) is 0.922. The van der Waals surface area contributed by atoms with Crippen molar-refractivity contribution >= 4 is 5.91 Å². The molecule has 2 aliphatic carbocycles. The zero-order valence-corrected chi connectivity index (χ0v) is 12.6. The van der Waals surface area contributed by atoms with Crippen molar-refractivity contribution in [2.45, 2.75) is 50.6 Å². The smallest absolute Gasteiger partial charge is 0.225 e. The number of piperidine rings is 1. The van der Waals surface area contributed by atoms with Crippen LogP contribution in [0.5, 0.6) is 0 Å². The Labute approximate surface area is 126 Å². The summed E-state index contributed by atoms with van der Waals surface area (Å²) in [7, 11) is 0. The summed E-state index contributed by atoms with van der Waals surface area (Å²) in [5.74, 6) is 0.792. The molecule has 1 saturated heterocycles. The third-order valence-electron chi connectivity index (χ3n) is 5.26. The Morgan fingerprint density at radius 1 is 0.952 bits per heavy atom. The van der Waals surface area contributed by atoms with Gasteiger partial charge in [0.05, 0.1) is 0 Å². The Bertz CT molecular complexity index is 505. The number of hydrogen-bond donors (Lipinski definition) is 1. The highest BCUT2D eigenvalue weighted by Gasteiger charge is 2.35. The minimum absolute atomic E-state index is 0.374. The van der Waals surface area contributed by atoms with Gasteiger partial charge in [0.25, 0.3) is 0 Å². The third-order valence-corrected chi connectivity index (χ3v) is 5.26. The second-order valence-electron chi connectivity index (χ2n) is 6.91. The molecule has 0 spiro atoms. The van der Waals surface area contributed by atoms with Gasteiger partial charge in [-0.15, -0.1) is 0 Å². The first-order valence-corrected chi connectivity index (χ1v) is 8.41. The standard InChI is InChI=1S/C18H24N2O/c21-18(13-5-6-13)20-9-7-16(8-10-20)19-17-11-14-3-1-2-4-15(14)12-17/h1-4,13,16-17,19H,5-12H2. The van der Waals surface area contributed by atoms with Gasteiger partial charge >= 0.3 is 0 Å². The first kappa shape index (κ1) is 13.3. The normalized spacial score (nSPS) is 23.3. The lowest BCUT2D eigenvalue weighted by molar-refractivity contribution is -0.133. The maximum atomic E-state index is 12.1. The summed E-state index contributed by atoms with van der Waals surface area (Å²) < 4.78 is 0. The second kappa shape index (κ2) is 5.45. The molecule has 0 bridgehead atoms. The summed E-state index contributed by atoms with van der Waals surface area (Å²) in [5, 5.41) is 3.83. The molecule has 1 N–H and O–H groups in total. The molecule has 3 heteroatoms. The predicted molar refractivity (Wildman–Crippen MR) is 83.1 cm³/mol. The van der Waals surface area contributed by atoms with Crippen LogP contribution in [0.2, 0.25) is 0 Å². The van der Waals surface area contributed by atoms with E-state index in [-0.39, 0.29) is 0 Å². The Morgan fingerprint density at radius 2 is 1.57 bits per heavy atom. The molecule has 1 aromatic rings. The molecule has 0 unspecified atom stereocenters. The van der Waals surface area contributed by atoms with Crippen LogP contribution in [0.25, 0.3) is 0 Å². The van der Waals surface area contributed by atoms with Crippen molar-refractivity contribution in [1.82, 2.24) is 10.2 Å². The van der Waals surface area contributed by atoms with E-state index in [4.69, 9.17) is 0 Å². The Hall–Kier alpha value is -1.35. The van der Waals surface area contributed by atoms with E-state index >= 15 is 0 Å². The molecule has 2 fully saturated rings. The molecule has 3 aliphatic rings. The Kier molecular flexibility index (Phi) is 3.46.